The summed E-state index contributed by atoms with van der Waals surface area (Å²) in [6.07, 6.45) is 61.6. The van der Waals surface area contributed by atoms with Gasteiger partial charge in [-0.15, -0.1) is 0 Å². The summed E-state index contributed by atoms with van der Waals surface area (Å²) >= 11 is 0. The molecule has 0 heterocycles. The lowest BCUT2D eigenvalue weighted by atomic mass is 10.0. The van der Waals surface area contributed by atoms with E-state index < -0.39 is 6.10 Å². The summed E-state index contributed by atoms with van der Waals surface area (Å²) in [7, 11) is 0. The van der Waals surface area contributed by atoms with Crippen LogP contribution in [0.15, 0.2) is 24.3 Å². The minimum absolute atomic E-state index is 0.0671. The SMILES string of the molecule is CCCCC/C=C\C/C=C\CCCCCCCCCCCC(=O)OC[C@@H](COC(=O)CCCCCCCCCCCCC)OC(=O)CCCCCCCCCCCCCCCCCC. The van der Waals surface area contributed by atoms with Crippen LogP contribution in [-0.4, -0.2) is 37.2 Å². The van der Waals surface area contributed by atoms with Crippen LogP contribution in [-0.2, 0) is 28.6 Å². The molecule has 0 aromatic rings. The van der Waals surface area contributed by atoms with Crippen molar-refractivity contribution in [1.29, 1.82) is 0 Å². The van der Waals surface area contributed by atoms with Crippen molar-refractivity contribution < 1.29 is 28.6 Å². The first kappa shape index (κ1) is 61.9. The first-order valence-corrected chi connectivity index (χ1v) is 28.3. The first-order chi connectivity index (χ1) is 31.5. The van der Waals surface area contributed by atoms with E-state index in [1.807, 2.05) is 0 Å². The molecule has 0 saturated carbocycles. The van der Waals surface area contributed by atoms with E-state index in [1.165, 1.54) is 205 Å². The number of allylic oxidation sites excluding steroid dienone is 4. The number of hydrogen-bond acceptors (Lipinski definition) is 6. The molecule has 0 spiro atoms. The van der Waals surface area contributed by atoms with Crippen molar-refractivity contribution in [3.8, 4) is 0 Å². The molecule has 0 aromatic heterocycles. The summed E-state index contributed by atoms with van der Waals surface area (Å²) in [6.45, 7) is 6.65. The number of ether oxygens (including phenoxy) is 3. The summed E-state index contributed by atoms with van der Waals surface area (Å²) < 4.78 is 16.9. The molecule has 0 aromatic carbocycles. The van der Waals surface area contributed by atoms with Crippen LogP contribution in [0.5, 0.6) is 0 Å². The van der Waals surface area contributed by atoms with Gasteiger partial charge in [-0.3, -0.25) is 14.4 Å². The highest BCUT2D eigenvalue weighted by Gasteiger charge is 2.19. The molecule has 0 bridgehead atoms. The zero-order chi connectivity index (χ0) is 46.5. The number of unbranched alkanes of at least 4 members (excludes halogenated alkanes) is 37. The summed E-state index contributed by atoms with van der Waals surface area (Å²) in [5.41, 5.74) is 0. The molecule has 64 heavy (non-hydrogen) atoms. The van der Waals surface area contributed by atoms with E-state index in [0.29, 0.717) is 19.3 Å². The van der Waals surface area contributed by atoms with Gasteiger partial charge in [-0.25, -0.2) is 0 Å². The van der Waals surface area contributed by atoms with Gasteiger partial charge in [-0.2, -0.15) is 0 Å². The number of carbonyl (C=O) groups is 3. The number of hydrogen-bond donors (Lipinski definition) is 0. The first-order valence-electron chi connectivity index (χ1n) is 28.3. The Bertz CT molecular complexity index is 1040. The van der Waals surface area contributed by atoms with Crippen LogP contribution in [0.2, 0.25) is 0 Å². The number of rotatable bonds is 52. The Morgan fingerprint density at radius 2 is 0.562 bits per heavy atom. The van der Waals surface area contributed by atoms with Gasteiger partial charge in [0.1, 0.15) is 13.2 Å². The highest BCUT2D eigenvalue weighted by molar-refractivity contribution is 5.71. The van der Waals surface area contributed by atoms with E-state index in [-0.39, 0.29) is 31.1 Å². The lowest BCUT2D eigenvalue weighted by molar-refractivity contribution is -0.167. The molecule has 6 heteroatoms. The zero-order valence-corrected chi connectivity index (χ0v) is 43.1. The van der Waals surface area contributed by atoms with Crippen molar-refractivity contribution in [3.63, 3.8) is 0 Å². The van der Waals surface area contributed by atoms with Crippen molar-refractivity contribution in [2.75, 3.05) is 13.2 Å². The van der Waals surface area contributed by atoms with Gasteiger partial charge in [-0.05, 0) is 51.4 Å². The Morgan fingerprint density at radius 1 is 0.312 bits per heavy atom. The van der Waals surface area contributed by atoms with E-state index in [2.05, 4.69) is 45.1 Å². The van der Waals surface area contributed by atoms with Gasteiger partial charge in [0.25, 0.3) is 0 Å². The van der Waals surface area contributed by atoms with Crippen molar-refractivity contribution in [2.24, 2.45) is 0 Å². The fourth-order valence-electron chi connectivity index (χ4n) is 8.42. The van der Waals surface area contributed by atoms with Crippen LogP contribution in [0.3, 0.4) is 0 Å². The van der Waals surface area contributed by atoms with Crippen molar-refractivity contribution in [2.45, 2.75) is 316 Å². The Hall–Kier alpha value is -2.11. The zero-order valence-electron chi connectivity index (χ0n) is 43.1. The van der Waals surface area contributed by atoms with E-state index >= 15 is 0 Å². The highest BCUT2D eigenvalue weighted by Crippen LogP contribution is 2.17. The van der Waals surface area contributed by atoms with Crippen molar-refractivity contribution >= 4 is 17.9 Å². The molecule has 1 atom stereocenters. The normalized spacial score (nSPS) is 12.1. The molecular formula is C58H108O6. The third-order valence-electron chi connectivity index (χ3n) is 12.7. The van der Waals surface area contributed by atoms with Gasteiger partial charge >= 0.3 is 17.9 Å². The van der Waals surface area contributed by atoms with Crippen LogP contribution in [0, 0.1) is 0 Å². The molecule has 0 radical (unpaired) electrons. The number of carbonyl (C=O) groups excluding carboxylic acids is 3. The average molecular weight is 901 g/mol. The van der Waals surface area contributed by atoms with Crippen LogP contribution >= 0.6 is 0 Å². The molecular weight excluding hydrogens is 793 g/mol. The van der Waals surface area contributed by atoms with Crippen molar-refractivity contribution in [1.82, 2.24) is 0 Å². The molecule has 0 aliphatic carbocycles. The molecule has 0 aliphatic heterocycles. The molecule has 376 valence electrons. The molecule has 6 nitrogen and oxygen atoms in total. The molecule has 0 N–H and O–H groups in total. The Balaban J connectivity index is 4.29. The van der Waals surface area contributed by atoms with Crippen LogP contribution in [0.4, 0.5) is 0 Å². The van der Waals surface area contributed by atoms with E-state index in [1.54, 1.807) is 0 Å². The minimum atomic E-state index is -0.767. The maximum atomic E-state index is 12.8. The van der Waals surface area contributed by atoms with Crippen LogP contribution < -0.4 is 0 Å². The van der Waals surface area contributed by atoms with E-state index in [4.69, 9.17) is 14.2 Å². The Morgan fingerprint density at radius 3 is 0.891 bits per heavy atom. The molecule has 0 aliphatic rings. The summed E-state index contributed by atoms with van der Waals surface area (Å²) in [5, 5.41) is 0. The minimum Gasteiger partial charge on any atom is -0.462 e. The highest BCUT2D eigenvalue weighted by atomic mass is 16.6. The van der Waals surface area contributed by atoms with Gasteiger partial charge in [0, 0.05) is 19.3 Å². The summed E-state index contributed by atoms with van der Waals surface area (Å²) in [4.78, 5) is 38.1. The van der Waals surface area contributed by atoms with Gasteiger partial charge in [0.15, 0.2) is 6.10 Å². The maximum Gasteiger partial charge on any atom is 0.306 e. The molecule has 0 rings (SSSR count). The molecule has 0 amide bonds. The van der Waals surface area contributed by atoms with E-state index in [0.717, 1.165) is 64.2 Å². The second kappa shape index (κ2) is 53.5. The molecule has 0 fully saturated rings. The summed E-state index contributed by atoms with van der Waals surface area (Å²) in [6, 6.07) is 0. The molecule has 0 saturated heterocycles. The summed E-state index contributed by atoms with van der Waals surface area (Å²) in [5.74, 6) is -0.852. The Kier molecular flexibility index (Phi) is 51.7. The van der Waals surface area contributed by atoms with E-state index in [9.17, 15) is 14.4 Å². The fourth-order valence-corrected chi connectivity index (χ4v) is 8.42. The third kappa shape index (κ3) is 50.9. The second-order valence-electron chi connectivity index (χ2n) is 19.2. The molecule has 0 unspecified atom stereocenters. The third-order valence-corrected chi connectivity index (χ3v) is 12.7. The predicted molar refractivity (Wildman–Crippen MR) is 275 cm³/mol. The predicted octanol–water partition coefficient (Wildman–Crippen LogP) is 18.7. The van der Waals surface area contributed by atoms with Gasteiger partial charge in [-0.1, -0.05) is 263 Å². The standard InChI is InChI=1S/C58H108O6/c1-4-7-10-13-16-19-22-24-26-28-29-30-32-33-36-39-42-45-48-51-57(60)63-54-55(53-62-56(59)50-47-44-41-38-35-21-18-15-12-9-6-3)64-58(61)52-49-46-43-40-37-34-31-27-25-23-20-17-14-11-8-5-2/h16,19,24,26,55H,4-15,17-18,20-23,25,27-54H2,1-3H3/b19-16-,26-24-/t55-/m1/s1. The number of esters is 3. The maximum absolute atomic E-state index is 12.8. The quantitative estimate of drug-likeness (QED) is 0.0262. The lowest BCUT2D eigenvalue weighted by Crippen LogP contribution is -2.30. The van der Waals surface area contributed by atoms with Crippen molar-refractivity contribution in [3.05, 3.63) is 24.3 Å². The fraction of sp³-hybridized carbons (Fsp3) is 0.879. The van der Waals surface area contributed by atoms with Gasteiger partial charge < -0.3 is 14.2 Å². The van der Waals surface area contributed by atoms with Gasteiger partial charge in [0.05, 0.1) is 0 Å². The largest absolute Gasteiger partial charge is 0.462 e. The smallest absolute Gasteiger partial charge is 0.306 e. The second-order valence-corrected chi connectivity index (χ2v) is 19.2. The lowest BCUT2D eigenvalue weighted by Gasteiger charge is -2.18. The Labute approximate surface area is 398 Å². The average Bonchev–Trinajstić information content (AvgIpc) is 3.29. The van der Waals surface area contributed by atoms with Crippen LogP contribution in [0.1, 0.15) is 310 Å². The topological polar surface area (TPSA) is 78.9 Å². The van der Waals surface area contributed by atoms with Gasteiger partial charge in [0.2, 0.25) is 0 Å². The van der Waals surface area contributed by atoms with Crippen LogP contribution in [0.25, 0.3) is 0 Å². The monoisotopic (exact) mass is 901 g/mol.